The average Bonchev–Trinajstić information content (AvgIpc) is 3.20. The monoisotopic (exact) mass is 458 g/mol. The SMILES string of the molecule is CCNC(=O)N(S)c1ccc2ncc(-c3cnn(CCNC(=O)OC(C)(C)C)c3)nc2n1. The zero-order chi connectivity index (χ0) is 23.3. The maximum Gasteiger partial charge on any atom is 0.407 e. The van der Waals surface area contributed by atoms with Crippen LogP contribution in [0.3, 0.4) is 0 Å². The molecule has 12 heteroatoms. The van der Waals surface area contributed by atoms with E-state index in [9.17, 15) is 9.59 Å². The first-order valence-corrected chi connectivity index (χ1v) is 10.5. The van der Waals surface area contributed by atoms with Gasteiger partial charge in [0.2, 0.25) is 0 Å². The van der Waals surface area contributed by atoms with E-state index in [1.54, 1.807) is 35.4 Å². The van der Waals surface area contributed by atoms with Gasteiger partial charge in [-0.2, -0.15) is 5.10 Å². The average molecular weight is 459 g/mol. The molecule has 3 aromatic heterocycles. The van der Waals surface area contributed by atoms with Crippen LogP contribution in [0.25, 0.3) is 22.4 Å². The van der Waals surface area contributed by atoms with Gasteiger partial charge in [-0.05, 0) is 39.8 Å². The number of nitrogens with one attached hydrogen (secondary N) is 2. The fraction of sp³-hybridized carbons (Fsp3) is 0.400. The van der Waals surface area contributed by atoms with Gasteiger partial charge in [0.05, 0.1) is 24.6 Å². The number of carbonyl (C=O) groups excluding carboxylic acids is 2. The number of thiol groups is 1. The Morgan fingerprint density at radius 2 is 1.97 bits per heavy atom. The molecule has 3 rings (SSSR count). The lowest BCUT2D eigenvalue weighted by Crippen LogP contribution is -2.34. The minimum absolute atomic E-state index is 0.335. The van der Waals surface area contributed by atoms with Gasteiger partial charge < -0.3 is 15.4 Å². The summed E-state index contributed by atoms with van der Waals surface area (Å²) in [6.45, 7) is 8.54. The molecule has 0 unspecified atom stereocenters. The van der Waals surface area contributed by atoms with Crippen LogP contribution in [-0.2, 0) is 11.3 Å². The first-order valence-electron chi connectivity index (χ1n) is 10.1. The van der Waals surface area contributed by atoms with Crippen LogP contribution in [0.5, 0.6) is 0 Å². The van der Waals surface area contributed by atoms with E-state index in [0.29, 0.717) is 42.3 Å². The highest BCUT2D eigenvalue weighted by Crippen LogP contribution is 2.21. The van der Waals surface area contributed by atoms with Crippen LogP contribution in [-0.4, -0.2) is 55.5 Å². The summed E-state index contributed by atoms with van der Waals surface area (Å²) in [6.07, 6.45) is 4.62. The Bertz CT molecular complexity index is 1110. The molecule has 11 nitrogen and oxygen atoms in total. The summed E-state index contributed by atoms with van der Waals surface area (Å²) in [6, 6.07) is 2.99. The number of anilines is 1. The molecule has 0 fully saturated rings. The minimum atomic E-state index is -0.546. The minimum Gasteiger partial charge on any atom is -0.444 e. The molecule has 3 amide bonds. The number of aromatic nitrogens is 5. The van der Waals surface area contributed by atoms with E-state index < -0.39 is 11.7 Å². The summed E-state index contributed by atoms with van der Waals surface area (Å²) >= 11 is 4.20. The standard InChI is InChI=1S/C20H26N8O3S/c1-5-21-18(29)28(32)16-7-6-14-17(26-16)25-15(11-23-14)13-10-24-27(12-13)9-8-22-19(30)31-20(2,3)4/h6-7,10-12,32H,5,8-9H2,1-4H3,(H,21,29)(H,22,30). The van der Waals surface area contributed by atoms with Crippen molar-refractivity contribution in [3.63, 3.8) is 0 Å². The maximum atomic E-state index is 12.0. The fourth-order valence-corrected chi connectivity index (χ4v) is 2.86. The van der Waals surface area contributed by atoms with Crippen molar-refractivity contribution < 1.29 is 14.3 Å². The molecular weight excluding hydrogens is 432 g/mol. The smallest absolute Gasteiger partial charge is 0.407 e. The summed E-state index contributed by atoms with van der Waals surface area (Å²) in [5.74, 6) is 0.335. The van der Waals surface area contributed by atoms with E-state index in [2.05, 4.69) is 43.5 Å². The molecule has 0 atom stereocenters. The van der Waals surface area contributed by atoms with Crippen molar-refractivity contribution in [2.24, 2.45) is 0 Å². The highest BCUT2D eigenvalue weighted by Gasteiger charge is 2.16. The van der Waals surface area contributed by atoms with E-state index in [4.69, 9.17) is 4.74 Å². The molecule has 3 aromatic rings. The Morgan fingerprint density at radius 3 is 2.69 bits per heavy atom. The Balaban J connectivity index is 1.69. The van der Waals surface area contributed by atoms with Gasteiger partial charge in [-0.3, -0.25) is 9.67 Å². The molecule has 0 bridgehead atoms. The van der Waals surface area contributed by atoms with E-state index in [-0.39, 0.29) is 6.03 Å². The number of ether oxygens (including phenoxy) is 1. The molecule has 0 saturated heterocycles. The Labute approximate surface area is 191 Å². The van der Waals surface area contributed by atoms with Gasteiger partial charge in [0.25, 0.3) is 0 Å². The van der Waals surface area contributed by atoms with Gasteiger partial charge in [-0.25, -0.2) is 23.9 Å². The van der Waals surface area contributed by atoms with Crippen molar-refractivity contribution in [1.29, 1.82) is 0 Å². The summed E-state index contributed by atoms with van der Waals surface area (Å²) in [7, 11) is 0. The van der Waals surface area contributed by atoms with Crippen molar-refractivity contribution in [2.45, 2.75) is 39.8 Å². The van der Waals surface area contributed by atoms with Crippen LogP contribution in [0.2, 0.25) is 0 Å². The molecule has 0 aliphatic carbocycles. The normalized spacial score (nSPS) is 11.3. The van der Waals surface area contributed by atoms with Crippen molar-refractivity contribution in [3.8, 4) is 11.3 Å². The Morgan fingerprint density at radius 1 is 1.19 bits per heavy atom. The third-order valence-corrected chi connectivity index (χ3v) is 4.45. The fourth-order valence-electron chi connectivity index (χ4n) is 2.68. The highest BCUT2D eigenvalue weighted by molar-refractivity contribution is 7.82. The molecule has 0 aromatic carbocycles. The van der Waals surface area contributed by atoms with Gasteiger partial charge in [0, 0.05) is 24.8 Å². The third-order valence-electron chi connectivity index (χ3n) is 4.07. The molecule has 2 N–H and O–H groups in total. The number of rotatable bonds is 6. The van der Waals surface area contributed by atoms with Crippen molar-refractivity contribution in [3.05, 3.63) is 30.7 Å². The van der Waals surface area contributed by atoms with Gasteiger partial charge in [-0.1, -0.05) is 12.8 Å². The Hall–Kier alpha value is -3.41. The zero-order valence-electron chi connectivity index (χ0n) is 18.4. The van der Waals surface area contributed by atoms with E-state index in [1.807, 2.05) is 27.7 Å². The van der Waals surface area contributed by atoms with E-state index in [1.165, 1.54) is 0 Å². The third kappa shape index (κ3) is 6.06. The summed E-state index contributed by atoms with van der Waals surface area (Å²) in [5, 5.41) is 9.64. The van der Waals surface area contributed by atoms with Crippen molar-refractivity contribution in [2.75, 3.05) is 17.4 Å². The van der Waals surface area contributed by atoms with Crippen LogP contribution in [0.1, 0.15) is 27.7 Å². The molecule has 0 radical (unpaired) electrons. The number of amides is 3. The highest BCUT2D eigenvalue weighted by atomic mass is 32.1. The van der Waals surface area contributed by atoms with Crippen LogP contribution < -0.4 is 14.9 Å². The lowest BCUT2D eigenvalue weighted by molar-refractivity contribution is 0.0525. The van der Waals surface area contributed by atoms with Crippen LogP contribution in [0, 0.1) is 0 Å². The second-order valence-electron chi connectivity index (χ2n) is 7.84. The molecule has 0 aliphatic rings. The number of alkyl carbamates (subject to hydrolysis) is 1. The number of hydrogen-bond acceptors (Lipinski definition) is 8. The summed E-state index contributed by atoms with van der Waals surface area (Å²) < 4.78 is 8.01. The van der Waals surface area contributed by atoms with Crippen molar-refractivity contribution in [1.82, 2.24) is 35.4 Å². The van der Waals surface area contributed by atoms with Gasteiger partial charge in [0.15, 0.2) is 5.65 Å². The maximum absolute atomic E-state index is 12.0. The second kappa shape index (κ2) is 9.81. The number of pyridine rings is 1. The number of nitrogens with zero attached hydrogens (tertiary/aromatic N) is 6. The van der Waals surface area contributed by atoms with Crippen LogP contribution in [0.4, 0.5) is 15.4 Å². The first-order chi connectivity index (χ1) is 15.2. The molecule has 3 heterocycles. The van der Waals surface area contributed by atoms with Crippen LogP contribution >= 0.6 is 12.8 Å². The second-order valence-corrected chi connectivity index (χ2v) is 8.24. The number of fused-ring (bicyclic) bond motifs is 1. The molecule has 170 valence electrons. The first kappa shape index (κ1) is 23.3. The van der Waals surface area contributed by atoms with Gasteiger partial charge >= 0.3 is 12.1 Å². The number of urea groups is 1. The van der Waals surface area contributed by atoms with Crippen LogP contribution in [0.15, 0.2) is 30.7 Å². The predicted octanol–water partition coefficient (Wildman–Crippen LogP) is 2.79. The summed E-state index contributed by atoms with van der Waals surface area (Å²) in [4.78, 5) is 37.0. The van der Waals surface area contributed by atoms with Crippen molar-refractivity contribution >= 4 is 41.9 Å². The molecule has 0 saturated carbocycles. The summed E-state index contributed by atoms with van der Waals surface area (Å²) in [5.41, 5.74) is 1.74. The molecule has 32 heavy (non-hydrogen) atoms. The van der Waals surface area contributed by atoms with E-state index in [0.717, 1.165) is 9.87 Å². The Kier molecular flexibility index (Phi) is 7.13. The quantitative estimate of drug-likeness (QED) is 0.485. The molecule has 0 aliphatic heterocycles. The van der Waals surface area contributed by atoms with Gasteiger partial charge in [0.1, 0.15) is 16.9 Å². The predicted molar refractivity (Wildman–Crippen MR) is 123 cm³/mol. The van der Waals surface area contributed by atoms with Gasteiger partial charge in [-0.15, -0.1) is 0 Å². The zero-order valence-corrected chi connectivity index (χ0v) is 19.3. The molecular formula is C20H26N8O3S. The number of carbonyl (C=O) groups is 2. The largest absolute Gasteiger partial charge is 0.444 e. The number of hydrogen-bond donors (Lipinski definition) is 3. The lowest BCUT2D eigenvalue weighted by atomic mass is 10.2. The lowest BCUT2D eigenvalue weighted by Gasteiger charge is -2.19. The van der Waals surface area contributed by atoms with E-state index >= 15 is 0 Å². The molecule has 0 spiro atoms. The topological polar surface area (TPSA) is 127 Å².